The second-order valence-corrected chi connectivity index (χ2v) is 8.58. The molecule has 0 aliphatic carbocycles. The normalized spacial score (nSPS) is 11.4. The highest BCUT2D eigenvalue weighted by Crippen LogP contribution is 2.37. The molecule has 2 heterocycles. The van der Waals surface area contributed by atoms with E-state index in [1.54, 1.807) is 56.6 Å². The van der Waals surface area contributed by atoms with Crippen LogP contribution in [-0.4, -0.2) is 47.7 Å². The predicted molar refractivity (Wildman–Crippen MR) is 138 cm³/mol. The number of nitrogens with zero attached hydrogens (tertiary/aromatic N) is 3. The molecular weight excluding hydrogens is 517 g/mol. The van der Waals surface area contributed by atoms with E-state index in [1.165, 1.54) is 18.0 Å². The number of amides is 1. The van der Waals surface area contributed by atoms with Gasteiger partial charge in [-0.05, 0) is 49.2 Å². The molecule has 0 fully saturated rings. The molecule has 9 nitrogen and oxygen atoms in total. The molecule has 0 saturated heterocycles. The molecule has 0 unspecified atom stereocenters. The summed E-state index contributed by atoms with van der Waals surface area (Å²) >= 11 is 0. The van der Waals surface area contributed by atoms with E-state index in [9.17, 15) is 18.0 Å². The van der Waals surface area contributed by atoms with Crippen molar-refractivity contribution in [2.45, 2.75) is 33.0 Å². The van der Waals surface area contributed by atoms with Gasteiger partial charge in [-0.3, -0.25) is 14.5 Å². The summed E-state index contributed by atoms with van der Waals surface area (Å²) in [6.45, 7) is 2.53. The van der Waals surface area contributed by atoms with Gasteiger partial charge in [-0.1, -0.05) is 6.92 Å². The minimum Gasteiger partial charge on any atom is -0.493 e. The summed E-state index contributed by atoms with van der Waals surface area (Å²) in [7, 11) is 3.08. The molecule has 0 saturated carbocycles. The number of anilines is 1. The van der Waals surface area contributed by atoms with Crippen LogP contribution in [0.3, 0.4) is 0 Å². The Morgan fingerprint density at radius 3 is 2.44 bits per heavy atom. The summed E-state index contributed by atoms with van der Waals surface area (Å²) in [5.74, 6) is 1.15. The first-order chi connectivity index (χ1) is 18.6. The second-order valence-electron chi connectivity index (χ2n) is 8.58. The smallest absolute Gasteiger partial charge is 0.422 e. The van der Waals surface area contributed by atoms with Gasteiger partial charge >= 0.3 is 6.18 Å². The topological polar surface area (TPSA) is 96.7 Å². The van der Waals surface area contributed by atoms with E-state index in [2.05, 4.69) is 15.4 Å². The van der Waals surface area contributed by atoms with Gasteiger partial charge in [-0.15, -0.1) is 0 Å². The number of alkyl halides is 3. The second kappa shape index (κ2) is 11.5. The number of fused-ring (bicyclic) bond motifs is 1. The Labute approximate surface area is 222 Å². The highest BCUT2D eigenvalue weighted by molar-refractivity contribution is 6.05. The van der Waals surface area contributed by atoms with E-state index >= 15 is 0 Å². The first-order valence-corrected chi connectivity index (χ1v) is 12.0. The molecule has 206 valence electrons. The van der Waals surface area contributed by atoms with Crippen LogP contribution < -0.4 is 24.3 Å². The van der Waals surface area contributed by atoms with Gasteiger partial charge in [0.15, 0.2) is 29.5 Å². The van der Waals surface area contributed by atoms with E-state index in [0.29, 0.717) is 58.1 Å². The van der Waals surface area contributed by atoms with Gasteiger partial charge in [-0.25, -0.2) is 0 Å². The van der Waals surface area contributed by atoms with Crippen LogP contribution in [0.25, 0.3) is 10.9 Å². The number of carbonyl (C=O) groups is 1. The number of nitrogens with one attached hydrogen (secondary N) is 1. The first kappa shape index (κ1) is 27.6. The van der Waals surface area contributed by atoms with Crippen molar-refractivity contribution >= 4 is 22.5 Å². The summed E-state index contributed by atoms with van der Waals surface area (Å²) in [5, 5.41) is 7.52. The van der Waals surface area contributed by atoms with E-state index in [-0.39, 0.29) is 11.4 Å². The van der Waals surface area contributed by atoms with Crippen molar-refractivity contribution in [1.29, 1.82) is 0 Å². The molecule has 2 aromatic heterocycles. The minimum absolute atomic E-state index is 0.236. The molecular formula is C27H27F3N4O5. The third kappa shape index (κ3) is 6.51. The minimum atomic E-state index is -4.55. The molecule has 1 amide bonds. The Bertz CT molecular complexity index is 1490. The van der Waals surface area contributed by atoms with Crippen LogP contribution in [0.1, 0.15) is 29.4 Å². The fraction of sp³-hybridized carbons (Fsp3) is 0.296. The molecule has 0 aliphatic heterocycles. The summed E-state index contributed by atoms with van der Waals surface area (Å²) in [5.41, 5.74) is 1.51. The Morgan fingerprint density at radius 2 is 1.77 bits per heavy atom. The average Bonchev–Trinajstić information content (AvgIpc) is 3.31. The number of aromatic nitrogens is 3. The van der Waals surface area contributed by atoms with Crippen molar-refractivity contribution in [1.82, 2.24) is 14.8 Å². The van der Waals surface area contributed by atoms with E-state index in [4.69, 9.17) is 18.9 Å². The van der Waals surface area contributed by atoms with Gasteiger partial charge in [-0.2, -0.15) is 18.3 Å². The van der Waals surface area contributed by atoms with Gasteiger partial charge in [0.05, 0.1) is 25.9 Å². The number of carbonyl (C=O) groups excluding carboxylic acids is 1. The fourth-order valence-corrected chi connectivity index (χ4v) is 3.85. The summed E-state index contributed by atoms with van der Waals surface area (Å²) in [6, 6.07) is 10.3. The van der Waals surface area contributed by atoms with Gasteiger partial charge in [0.25, 0.3) is 5.91 Å². The Morgan fingerprint density at radius 1 is 1.03 bits per heavy atom. The van der Waals surface area contributed by atoms with E-state index in [1.807, 2.05) is 6.92 Å². The maximum absolute atomic E-state index is 13.0. The molecule has 2 aromatic carbocycles. The van der Waals surface area contributed by atoms with E-state index < -0.39 is 18.7 Å². The lowest BCUT2D eigenvalue weighted by Crippen LogP contribution is -2.21. The third-order valence-corrected chi connectivity index (χ3v) is 5.67. The van der Waals surface area contributed by atoms with Crippen LogP contribution in [0.4, 0.5) is 18.9 Å². The lowest BCUT2D eigenvalue weighted by atomic mass is 10.1. The first-order valence-electron chi connectivity index (χ1n) is 12.0. The fourth-order valence-electron chi connectivity index (χ4n) is 3.85. The van der Waals surface area contributed by atoms with Crippen LogP contribution in [0.2, 0.25) is 0 Å². The largest absolute Gasteiger partial charge is 0.493 e. The number of hydrogen-bond donors (Lipinski definition) is 1. The lowest BCUT2D eigenvalue weighted by Gasteiger charge is -2.14. The molecule has 0 radical (unpaired) electrons. The molecule has 0 atom stereocenters. The standard InChI is InChI=1S/C27H27F3N4O5/c1-5-10-34-14-24(38-15-27(28,29)30)25(33-34)26(35)32-19-7-6-17(11-16(19)2)39-21-8-9-31-20-13-23(37-4)22(36-3)12-18(20)21/h6-9,11-14H,5,10,15H2,1-4H3,(H,32,35). The van der Waals surface area contributed by atoms with Gasteiger partial charge in [0, 0.05) is 29.9 Å². The molecule has 4 aromatic rings. The number of methoxy groups -OCH3 is 2. The van der Waals surface area contributed by atoms with Crippen molar-refractivity contribution in [3.05, 3.63) is 60.0 Å². The number of hydrogen-bond acceptors (Lipinski definition) is 7. The van der Waals surface area contributed by atoms with Crippen molar-refractivity contribution in [3.8, 4) is 28.7 Å². The maximum Gasteiger partial charge on any atom is 0.422 e. The van der Waals surface area contributed by atoms with Crippen molar-refractivity contribution < 1.29 is 36.9 Å². The van der Waals surface area contributed by atoms with Crippen LogP contribution >= 0.6 is 0 Å². The van der Waals surface area contributed by atoms with Gasteiger partial charge in [0.2, 0.25) is 0 Å². The predicted octanol–water partition coefficient (Wildman–Crippen LogP) is 6.15. The molecule has 4 rings (SSSR count). The SMILES string of the molecule is CCCn1cc(OCC(F)(F)F)c(C(=O)Nc2ccc(Oc3ccnc4cc(OC)c(OC)cc34)cc2C)n1. The summed E-state index contributed by atoms with van der Waals surface area (Å²) in [4.78, 5) is 17.3. The third-order valence-electron chi connectivity index (χ3n) is 5.67. The van der Waals surface area contributed by atoms with Crippen LogP contribution in [-0.2, 0) is 6.54 Å². The van der Waals surface area contributed by atoms with Crippen LogP contribution in [0.5, 0.6) is 28.7 Å². The molecule has 39 heavy (non-hydrogen) atoms. The number of benzene rings is 2. The molecule has 0 aliphatic rings. The molecule has 0 bridgehead atoms. The molecule has 0 spiro atoms. The van der Waals surface area contributed by atoms with Crippen LogP contribution in [0.15, 0.2) is 48.8 Å². The van der Waals surface area contributed by atoms with Crippen molar-refractivity contribution in [2.75, 3.05) is 26.1 Å². The Balaban J connectivity index is 1.55. The van der Waals surface area contributed by atoms with Crippen molar-refractivity contribution in [2.24, 2.45) is 0 Å². The molecule has 12 heteroatoms. The van der Waals surface area contributed by atoms with Gasteiger partial charge < -0.3 is 24.3 Å². The number of rotatable bonds is 10. The monoisotopic (exact) mass is 544 g/mol. The van der Waals surface area contributed by atoms with Gasteiger partial charge in [0.1, 0.15) is 11.5 Å². The Kier molecular flexibility index (Phi) is 8.12. The maximum atomic E-state index is 13.0. The van der Waals surface area contributed by atoms with E-state index in [0.717, 1.165) is 0 Å². The highest BCUT2D eigenvalue weighted by Gasteiger charge is 2.30. The zero-order chi connectivity index (χ0) is 28.2. The number of aryl methyl sites for hydroxylation is 2. The average molecular weight is 545 g/mol. The van der Waals surface area contributed by atoms with Crippen molar-refractivity contribution in [3.63, 3.8) is 0 Å². The van der Waals surface area contributed by atoms with Crippen LogP contribution in [0, 0.1) is 6.92 Å². The summed E-state index contributed by atoms with van der Waals surface area (Å²) < 4.78 is 61.2. The lowest BCUT2D eigenvalue weighted by molar-refractivity contribution is -0.153. The Hall–Kier alpha value is -4.48. The molecule has 1 N–H and O–H groups in total. The quantitative estimate of drug-likeness (QED) is 0.256. The number of halogens is 3. The highest BCUT2D eigenvalue weighted by atomic mass is 19.4. The number of pyridine rings is 1. The number of ether oxygens (including phenoxy) is 4. The zero-order valence-electron chi connectivity index (χ0n) is 21.8. The zero-order valence-corrected chi connectivity index (χ0v) is 21.8. The summed E-state index contributed by atoms with van der Waals surface area (Å²) in [6.07, 6.45) is -0.974.